The van der Waals surface area contributed by atoms with E-state index in [2.05, 4.69) is 5.32 Å². The molecule has 4 atom stereocenters. The summed E-state index contributed by atoms with van der Waals surface area (Å²) < 4.78 is 5.02. The lowest BCUT2D eigenvalue weighted by atomic mass is 10.1. The van der Waals surface area contributed by atoms with E-state index in [-0.39, 0.29) is 18.0 Å². The third-order valence-electron chi connectivity index (χ3n) is 3.81. The van der Waals surface area contributed by atoms with Crippen molar-refractivity contribution in [3.63, 3.8) is 0 Å². The number of carbonyl (C=O) groups is 3. The summed E-state index contributed by atoms with van der Waals surface area (Å²) in [6.07, 6.45) is 1.55. The summed E-state index contributed by atoms with van der Waals surface area (Å²) in [7, 11) is 0. The Morgan fingerprint density at radius 1 is 1.50 bits per heavy atom. The number of ether oxygens (including phenoxy) is 1. The first-order chi connectivity index (χ1) is 9.40. The maximum Gasteiger partial charge on any atom is 0.326 e. The molecule has 0 radical (unpaired) electrons. The molecule has 0 saturated carbocycles. The van der Waals surface area contributed by atoms with Gasteiger partial charge in [0.05, 0.1) is 6.04 Å². The molecule has 2 aliphatic heterocycles. The standard InChI is InChI=1S/C13H20N2O5/c1-7-6-9(13(19)20-7)14-8(2)11(16)15-5-3-4-10(15)12(17)18/h7-10,14H,3-6H2,1-2H3,(H,17,18)/t7?,8-,9?,10-/m0/s1. The molecule has 2 aliphatic rings. The minimum absolute atomic E-state index is 0.152. The van der Waals surface area contributed by atoms with E-state index in [9.17, 15) is 14.4 Å². The second kappa shape index (κ2) is 5.78. The van der Waals surface area contributed by atoms with E-state index in [1.54, 1.807) is 13.8 Å². The molecule has 0 aromatic rings. The number of aliphatic carboxylic acids is 1. The molecule has 20 heavy (non-hydrogen) atoms. The predicted octanol–water partition coefficient (Wildman–Crippen LogP) is -0.256. The minimum Gasteiger partial charge on any atom is -0.480 e. The lowest BCUT2D eigenvalue weighted by Crippen LogP contribution is -2.52. The van der Waals surface area contributed by atoms with Crippen LogP contribution in [0.4, 0.5) is 0 Å². The Bertz CT molecular complexity index is 425. The number of carboxylic acid groups (broad SMARTS) is 1. The van der Waals surface area contributed by atoms with Crippen LogP contribution in [0.15, 0.2) is 0 Å². The Balaban J connectivity index is 1.95. The SMILES string of the molecule is CC1CC(N[C@@H](C)C(=O)N2CCC[C@H]2C(=O)O)C(=O)O1. The summed E-state index contributed by atoms with van der Waals surface area (Å²) >= 11 is 0. The fourth-order valence-electron chi connectivity index (χ4n) is 2.80. The van der Waals surface area contributed by atoms with Gasteiger partial charge in [-0.2, -0.15) is 0 Å². The average Bonchev–Trinajstić information content (AvgIpc) is 2.95. The van der Waals surface area contributed by atoms with Gasteiger partial charge in [-0.1, -0.05) is 0 Å². The molecule has 1 amide bonds. The van der Waals surface area contributed by atoms with E-state index in [1.165, 1.54) is 4.90 Å². The molecule has 7 nitrogen and oxygen atoms in total. The second-order valence-electron chi connectivity index (χ2n) is 5.45. The summed E-state index contributed by atoms with van der Waals surface area (Å²) in [5.41, 5.74) is 0. The van der Waals surface area contributed by atoms with E-state index in [4.69, 9.17) is 9.84 Å². The van der Waals surface area contributed by atoms with Crippen LogP contribution >= 0.6 is 0 Å². The van der Waals surface area contributed by atoms with E-state index in [1.807, 2.05) is 0 Å². The highest BCUT2D eigenvalue weighted by atomic mass is 16.6. The molecule has 2 rings (SSSR count). The van der Waals surface area contributed by atoms with Crippen molar-refractivity contribution in [2.24, 2.45) is 0 Å². The van der Waals surface area contributed by atoms with Crippen LogP contribution in [0, 0.1) is 0 Å². The van der Waals surface area contributed by atoms with E-state index in [0.29, 0.717) is 25.8 Å². The van der Waals surface area contributed by atoms with Gasteiger partial charge in [0, 0.05) is 13.0 Å². The predicted molar refractivity (Wildman–Crippen MR) is 68.9 cm³/mol. The van der Waals surface area contributed by atoms with Gasteiger partial charge >= 0.3 is 11.9 Å². The Morgan fingerprint density at radius 3 is 2.75 bits per heavy atom. The smallest absolute Gasteiger partial charge is 0.326 e. The number of esters is 1. The zero-order chi connectivity index (χ0) is 14.9. The Kier molecular flexibility index (Phi) is 4.27. The molecule has 0 bridgehead atoms. The minimum atomic E-state index is -0.975. The normalized spacial score (nSPS) is 31.2. The van der Waals surface area contributed by atoms with Gasteiger partial charge in [0.15, 0.2) is 0 Å². The topological polar surface area (TPSA) is 95.9 Å². The third-order valence-corrected chi connectivity index (χ3v) is 3.81. The number of cyclic esters (lactones) is 1. The number of rotatable bonds is 4. The molecule has 2 saturated heterocycles. The molecule has 7 heteroatoms. The number of nitrogens with zero attached hydrogens (tertiary/aromatic N) is 1. The quantitative estimate of drug-likeness (QED) is 0.691. The van der Waals surface area contributed by atoms with Gasteiger partial charge in [0.2, 0.25) is 5.91 Å². The number of amides is 1. The first-order valence-corrected chi connectivity index (χ1v) is 6.90. The van der Waals surface area contributed by atoms with Crippen molar-refractivity contribution in [1.82, 2.24) is 10.2 Å². The third kappa shape index (κ3) is 2.92. The highest BCUT2D eigenvalue weighted by molar-refractivity contribution is 5.88. The summed E-state index contributed by atoms with van der Waals surface area (Å²) in [4.78, 5) is 36.3. The Labute approximate surface area is 117 Å². The molecule has 0 spiro atoms. The summed E-state index contributed by atoms with van der Waals surface area (Å²) in [5, 5.41) is 12.0. The number of nitrogens with one attached hydrogen (secondary N) is 1. The second-order valence-corrected chi connectivity index (χ2v) is 5.45. The number of hydrogen-bond donors (Lipinski definition) is 2. The van der Waals surface area contributed by atoms with Gasteiger partial charge in [-0.3, -0.25) is 14.9 Å². The lowest BCUT2D eigenvalue weighted by molar-refractivity contribution is -0.149. The fraction of sp³-hybridized carbons (Fsp3) is 0.769. The molecule has 2 fully saturated rings. The van der Waals surface area contributed by atoms with Crippen LogP contribution in [0.25, 0.3) is 0 Å². The fourth-order valence-corrected chi connectivity index (χ4v) is 2.80. The summed E-state index contributed by atoms with van der Waals surface area (Å²) in [6, 6.07) is -1.84. The molecule has 0 aromatic carbocycles. The van der Waals surface area contributed by atoms with Crippen LogP contribution in [-0.2, 0) is 19.1 Å². The van der Waals surface area contributed by atoms with Crippen LogP contribution in [-0.4, -0.2) is 58.6 Å². The molecule has 2 heterocycles. The number of carboxylic acids is 1. The van der Waals surface area contributed by atoms with E-state index >= 15 is 0 Å². The monoisotopic (exact) mass is 284 g/mol. The zero-order valence-corrected chi connectivity index (χ0v) is 11.7. The van der Waals surface area contributed by atoms with Crippen LogP contribution in [0.1, 0.15) is 33.1 Å². The van der Waals surface area contributed by atoms with Crippen molar-refractivity contribution in [2.45, 2.75) is 57.3 Å². The van der Waals surface area contributed by atoms with Crippen LogP contribution in [0.5, 0.6) is 0 Å². The van der Waals surface area contributed by atoms with E-state index < -0.39 is 24.1 Å². The lowest BCUT2D eigenvalue weighted by Gasteiger charge is -2.26. The van der Waals surface area contributed by atoms with Crippen molar-refractivity contribution in [3.05, 3.63) is 0 Å². The van der Waals surface area contributed by atoms with E-state index in [0.717, 1.165) is 0 Å². The van der Waals surface area contributed by atoms with Crippen molar-refractivity contribution >= 4 is 17.8 Å². The summed E-state index contributed by atoms with van der Waals surface area (Å²) in [5.74, 6) is -1.60. The van der Waals surface area contributed by atoms with Gasteiger partial charge in [-0.25, -0.2) is 4.79 Å². The summed E-state index contributed by atoms with van der Waals surface area (Å²) in [6.45, 7) is 3.90. The van der Waals surface area contributed by atoms with Crippen LogP contribution < -0.4 is 5.32 Å². The molecule has 0 aromatic heterocycles. The molecule has 2 N–H and O–H groups in total. The van der Waals surface area contributed by atoms with Crippen molar-refractivity contribution < 1.29 is 24.2 Å². The largest absolute Gasteiger partial charge is 0.480 e. The molecule has 2 unspecified atom stereocenters. The van der Waals surface area contributed by atoms with Crippen molar-refractivity contribution in [3.8, 4) is 0 Å². The van der Waals surface area contributed by atoms with Gasteiger partial charge < -0.3 is 14.7 Å². The van der Waals surface area contributed by atoms with Gasteiger partial charge in [-0.05, 0) is 26.7 Å². The number of carbonyl (C=O) groups excluding carboxylic acids is 2. The average molecular weight is 284 g/mol. The maximum absolute atomic E-state index is 12.3. The molecule has 112 valence electrons. The highest BCUT2D eigenvalue weighted by Gasteiger charge is 2.38. The number of hydrogen-bond acceptors (Lipinski definition) is 5. The van der Waals surface area contributed by atoms with Gasteiger partial charge in [0.1, 0.15) is 18.2 Å². The molecular weight excluding hydrogens is 264 g/mol. The highest BCUT2D eigenvalue weighted by Crippen LogP contribution is 2.20. The van der Waals surface area contributed by atoms with Crippen LogP contribution in [0.2, 0.25) is 0 Å². The van der Waals surface area contributed by atoms with Crippen molar-refractivity contribution in [1.29, 1.82) is 0 Å². The van der Waals surface area contributed by atoms with Crippen LogP contribution in [0.3, 0.4) is 0 Å². The Morgan fingerprint density at radius 2 is 2.20 bits per heavy atom. The van der Waals surface area contributed by atoms with Gasteiger partial charge in [0.25, 0.3) is 0 Å². The van der Waals surface area contributed by atoms with Crippen molar-refractivity contribution in [2.75, 3.05) is 6.54 Å². The van der Waals surface area contributed by atoms with Gasteiger partial charge in [-0.15, -0.1) is 0 Å². The number of likely N-dealkylation sites (tertiary alicyclic amines) is 1. The molecular formula is C13H20N2O5. The zero-order valence-electron chi connectivity index (χ0n) is 11.7. The first kappa shape index (κ1) is 14.8. The maximum atomic E-state index is 12.3. The first-order valence-electron chi connectivity index (χ1n) is 6.90. The Hall–Kier alpha value is -1.63. The molecule has 0 aliphatic carbocycles.